The van der Waals surface area contributed by atoms with Gasteiger partial charge in [-0.25, -0.2) is 17.6 Å². The van der Waals surface area contributed by atoms with E-state index in [1.807, 2.05) is 27.7 Å². The van der Waals surface area contributed by atoms with E-state index in [1.54, 1.807) is 20.8 Å². The normalized spacial score (nSPS) is 9.31. The van der Waals surface area contributed by atoms with Crippen molar-refractivity contribution in [3.05, 3.63) is 57.6 Å². The molecule has 0 amide bonds. The quantitative estimate of drug-likeness (QED) is 0.427. The molecule has 0 fully saturated rings. The monoisotopic (exact) mass is 458 g/mol. The highest BCUT2D eigenvalue weighted by Gasteiger charge is 2.12. The molecule has 0 atom stereocenters. The number of hydrogen-bond acceptors (Lipinski definition) is 2. The molecule has 0 saturated heterocycles. The van der Waals surface area contributed by atoms with Gasteiger partial charge in [-0.2, -0.15) is 0 Å². The van der Waals surface area contributed by atoms with E-state index < -0.39 is 23.3 Å². The van der Waals surface area contributed by atoms with Crippen LogP contribution in [0.2, 0.25) is 10.0 Å². The zero-order valence-corrected chi connectivity index (χ0v) is 19.2. The Hall–Kier alpha value is -1.66. The number of rotatable bonds is 4. The molecule has 2 nitrogen and oxygen atoms in total. The van der Waals surface area contributed by atoms with Crippen molar-refractivity contribution in [2.75, 3.05) is 6.61 Å². The van der Waals surface area contributed by atoms with Crippen molar-refractivity contribution in [1.29, 1.82) is 0 Å². The average molecular weight is 459 g/mol. The lowest BCUT2D eigenvalue weighted by Gasteiger charge is -2.11. The molecule has 0 aliphatic rings. The molecule has 0 saturated carbocycles. The number of halogens is 6. The molecule has 0 spiro atoms. The summed E-state index contributed by atoms with van der Waals surface area (Å²) in [7, 11) is 0. The molecule has 0 N–H and O–H groups in total. The summed E-state index contributed by atoms with van der Waals surface area (Å²) in [6.45, 7) is 13.3. The van der Waals surface area contributed by atoms with E-state index in [-0.39, 0.29) is 34.3 Å². The molecule has 29 heavy (non-hydrogen) atoms. The highest BCUT2D eigenvalue weighted by molar-refractivity contribution is 6.32. The summed E-state index contributed by atoms with van der Waals surface area (Å²) in [6, 6.07) is 3.78. The third-order valence-electron chi connectivity index (χ3n) is 2.57. The molecule has 0 bridgehead atoms. The van der Waals surface area contributed by atoms with Gasteiger partial charge in [0.2, 0.25) is 0 Å². The van der Waals surface area contributed by atoms with Crippen molar-refractivity contribution in [1.82, 2.24) is 0 Å². The van der Waals surface area contributed by atoms with Gasteiger partial charge in [-0.05, 0) is 39.0 Å². The van der Waals surface area contributed by atoms with Crippen LogP contribution in [-0.4, -0.2) is 12.7 Å². The van der Waals surface area contributed by atoms with Gasteiger partial charge in [0.15, 0.2) is 29.0 Å². The summed E-state index contributed by atoms with van der Waals surface area (Å²) < 4.78 is 61.1. The zero-order chi connectivity index (χ0) is 23.1. The van der Waals surface area contributed by atoms with E-state index in [0.29, 0.717) is 0 Å². The van der Waals surface area contributed by atoms with Crippen LogP contribution in [0.3, 0.4) is 0 Å². The van der Waals surface area contributed by atoms with Gasteiger partial charge < -0.3 is 9.47 Å². The van der Waals surface area contributed by atoms with Gasteiger partial charge in [-0.1, -0.05) is 50.9 Å². The van der Waals surface area contributed by atoms with Crippen molar-refractivity contribution in [2.45, 2.75) is 54.6 Å². The van der Waals surface area contributed by atoms with Crippen LogP contribution < -0.4 is 9.47 Å². The minimum absolute atomic E-state index is 0.0217. The molecule has 0 aliphatic carbocycles. The Morgan fingerprint density at radius 1 is 0.793 bits per heavy atom. The minimum Gasteiger partial charge on any atom is -0.488 e. The second-order valence-electron chi connectivity index (χ2n) is 5.00. The van der Waals surface area contributed by atoms with E-state index in [2.05, 4.69) is 0 Å². The first-order valence-corrected chi connectivity index (χ1v) is 9.99. The maximum absolute atomic E-state index is 13.0. The lowest BCUT2D eigenvalue weighted by atomic mass is 10.3. The van der Waals surface area contributed by atoms with Gasteiger partial charge in [-0.15, -0.1) is 0 Å². The summed E-state index contributed by atoms with van der Waals surface area (Å²) in [5, 5.41) is -0.0281. The third-order valence-corrected chi connectivity index (χ3v) is 3.07. The fraction of sp³-hybridized carbons (Fsp3) is 0.429. The fourth-order valence-electron chi connectivity index (χ4n) is 1.69. The molecule has 0 aliphatic heterocycles. The first-order chi connectivity index (χ1) is 13.6. The van der Waals surface area contributed by atoms with Gasteiger partial charge in [0, 0.05) is 11.1 Å². The van der Waals surface area contributed by atoms with Crippen LogP contribution >= 0.6 is 23.2 Å². The van der Waals surface area contributed by atoms with Crippen LogP contribution in [0.4, 0.5) is 17.6 Å². The first-order valence-electron chi connectivity index (χ1n) is 9.24. The Balaban J connectivity index is 0. The van der Waals surface area contributed by atoms with E-state index in [1.165, 1.54) is 0 Å². The van der Waals surface area contributed by atoms with Crippen LogP contribution in [-0.2, 0) is 0 Å². The highest BCUT2D eigenvalue weighted by Crippen LogP contribution is 2.29. The summed E-state index contributed by atoms with van der Waals surface area (Å²) in [5.74, 6) is -3.51. The van der Waals surface area contributed by atoms with Crippen molar-refractivity contribution in [3.63, 3.8) is 0 Å². The minimum atomic E-state index is -0.779. The molecule has 166 valence electrons. The lowest BCUT2D eigenvalue weighted by molar-refractivity contribution is 0.231. The van der Waals surface area contributed by atoms with E-state index in [0.717, 1.165) is 24.3 Å². The smallest absolute Gasteiger partial charge is 0.190 e. The van der Waals surface area contributed by atoms with Gasteiger partial charge in [0.05, 0.1) is 17.7 Å². The number of ether oxygens (including phenoxy) is 2. The van der Waals surface area contributed by atoms with Crippen LogP contribution in [0.1, 0.15) is 48.5 Å². The van der Waals surface area contributed by atoms with E-state index >= 15 is 0 Å². The molecule has 2 rings (SSSR count). The first kappa shape index (κ1) is 29.5. The maximum Gasteiger partial charge on any atom is 0.190 e. The van der Waals surface area contributed by atoms with Crippen molar-refractivity contribution in [3.8, 4) is 11.5 Å². The molecule has 2 aromatic rings. The summed E-state index contributed by atoms with van der Waals surface area (Å²) >= 11 is 11.0. The molecular weight excluding hydrogens is 431 g/mol. The van der Waals surface area contributed by atoms with Crippen molar-refractivity contribution < 1.29 is 27.0 Å². The summed E-state index contributed by atoms with van der Waals surface area (Å²) in [4.78, 5) is 0. The molecule has 0 unspecified atom stereocenters. The van der Waals surface area contributed by atoms with Gasteiger partial charge in [0.1, 0.15) is 5.82 Å². The number of benzene rings is 2. The molecule has 0 heterocycles. The van der Waals surface area contributed by atoms with Gasteiger partial charge in [0.25, 0.3) is 0 Å². The molecule has 0 radical (unpaired) electrons. The Bertz CT molecular complexity index is 680. The Labute approximate surface area is 180 Å². The zero-order valence-electron chi connectivity index (χ0n) is 17.7. The van der Waals surface area contributed by atoms with Crippen LogP contribution in [0.5, 0.6) is 11.5 Å². The molecule has 2 aromatic carbocycles. The van der Waals surface area contributed by atoms with E-state index in [4.69, 9.17) is 32.7 Å². The Kier molecular flexibility index (Phi) is 16.5. The molecule has 0 aromatic heterocycles. The summed E-state index contributed by atoms with van der Waals surface area (Å²) in [6.07, 6.45) is -0.197. The molecular formula is C21H28Cl2F4O2. The average Bonchev–Trinajstić information content (AvgIpc) is 2.65. The maximum atomic E-state index is 13.0. The second-order valence-corrected chi connectivity index (χ2v) is 5.84. The standard InChI is InChI=1S/C9H9ClF2O.C8H7ClF2O.2C2H6/c1-5(2)13-9-7(10)3-6(11)4-8(9)12;1-2-12-8-6(10)3-5(9)4-7(8)11;2*1-2/h3-5H,1-2H3;3-4H,2H2,1H3;2*1-2H3. The highest BCUT2D eigenvalue weighted by atomic mass is 35.5. The topological polar surface area (TPSA) is 18.5 Å². The predicted octanol–water partition coefficient (Wildman–Crippen LogP) is 8.47. The van der Waals surface area contributed by atoms with E-state index in [9.17, 15) is 17.6 Å². The van der Waals surface area contributed by atoms with Crippen molar-refractivity contribution >= 4 is 23.2 Å². The van der Waals surface area contributed by atoms with Crippen molar-refractivity contribution in [2.24, 2.45) is 0 Å². The van der Waals surface area contributed by atoms with Crippen LogP contribution in [0, 0.1) is 23.3 Å². The molecule has 8 heteroatoms. The Morgan fingerprint density at radius 2 is 1.24 bits per heavy atom. The fourth-order valence-corrected chi connectivity index (χ4v) is 2.12. The van der Waals surface area contributed by atoms with Gasteiger partial charge >= 0.3 is 0 Å². The third kappa shape index (κ3) is 11.2. The summed E-state index contributed by atoms with van der Waals surface area (Å²) in [5.41, 5.74) is 0. The Morgan fingerprint density at radius 3 is 1.62 bits per heavy atom. The van der Waals surface area contributed by atoms with Crippen LogP contribution in [0.15, 0.2) is 24.3 Å². The second kappa shape index (κ2) is 16.2. The largest absolute Gasteiger partial charge is 0.488 e. The number of hydrogen-bond donors (Lipinski definition) is 0. The lowest BCUT2D eigenvalue weighted by Crippen LogP contribution is -2.07. The van der Waals surface area contributed by atoms with Crippen LogP contribution in [0.25, 0.3) is 0 Å². The SMILES string of the molecule is CC.CC.CC(C)Oc1c(F)cc(F)cc1Cl.CCOc1c(F)cc(Cl)cc1F. The van der Waals surface area contributed by atoms with Gasteiger partial charge in [-0.3, -0.25) is 0 Å². The predicted molar refractivity (Wildman–Crippen MR) is 112 cm³/mol.